The van der Waals surface area contributed by atoms with E-state index in [4.69, 9.17) is 4.42 Å². The zero-order chi connectivity index (χ0) is 20.1. The van der Waals surface area contributed by atoms with Gasteiger partial charge in [0.15, 0.2) is 0 Å². The summed E-state index contributed by atoms with van der Waals surface area (Å²) in [6.45, 7) is 6.16. The molecule has 0 bridgehead atoms. The van der Waals surface area contributed by atoms with Crippen LogP contribution in [-0.2, 0) is 6.54 Å². The molecule has 0 aliphatic carbocycles. The van der Waals surface area contributed by atoms with Gasteiger partial charge >= 0.3 is 0 Å². The van der Waals surface area contributed by atoms with Gasteiger partial charge in [-0.1, -0.05) is 18.2 Å². The molecule has 0 unspecified atom stereocenters. The number of benzene rings is 1. The predicted molar refractivity (Wildman–Crippen MR) is 114 cm³/mol. The summed E-state index contributed by atoms with van der Waals surface area (Å²) in [4.78, 5) is 27.8. The van der Waals surface area contributed by atoms with Crippen molar-refractivity contribution in [2.45, 2.75) is 27.3 Å². The number of hydrogen-bond acceptors (Lipinski definition) is 6. The second-order valence-electron chi connectivity index (χ2n) is 7.11. The van der Waals surface area contributed by atoms with Crippen molar-refractivity contribution in [2.24, 2.45) is 0 Å². The van der Waals surface area contributed by atoms with E-state index >= 15 is 0 Å². The predicted octanol–water partition coefficient (Wildman–Crippen LogP) is 4.63. The average molecular weight is 402 g/mol. The molecule has 0 fully saturated rings. The lowest BCUT2D eigenvalue weighted by atomic mass is 10.1. The van der Waals surface area contributed by atoms with E-state index in [1.807, 2.05) is 57.2 Å². The van der Waals surface area contributed by atoms with Crippen molar-refractivity contribution in [2.75, 3.05) is 0 Å². The van der Waals surface area contributed by atoms with Gasteiger partial charge in [-0.2, -0.15) is 0 Å². The molecule has 144 valence electrons. The Morgan fingerprint density at radius 2 is 1.90 bits per heavy atom. The molecule has 4 heterocycles. The van der Waals surface area contributed by atoms with E-state index < -0.39 is 0 Å². The first-order valence-corrected chi connectivity index (χ1v) is 10.1. The highest BCUT2D eigenvalue weighted by atomic mass is 32.1. The summed E-state index contributed by atoms with van der Waals surface area (Å²) < 4.78 is 8.02. The van der Waals surface area contributed by atoms with Crippen LogP contribution >= 0.6 is 11.3 Å². The van der Waals surface area contributed by atoms with E-state index in [2.05, 4.69) is 15.0 Å². The number of hydrogen-bond donors (Lipinski definition) is 0. The van der Waals surface area contributed by atoms with Gasteiger partial charge in [-0.15, -0.1) is 11.3 Å². The normalized spacial score (nSPS) is 11.6. The Bertz CT molecular complexity index is 1430. The third kappa shape index (κ3) is 2.94. The van der Waals surface area contributed by atoms with E-state index in [0.717, 1.165) is 38.2 Å². The van der Waals surface area contributed by atoms with E-state index in [1.165, 1.54) is 11.3 Å². The first-order valence-electron chi connectivity index (χ1n) is 9.29. The van der Waals surface area contributed by atoms with Gasteiger partial charge in [0.05, 0.1) is 18.4 Å². The summed E-state index contributed by atoms with van der Waals surface area (Å²) in [6, 6.07) is 11.7. The fourth-order valence-electron chi connectivity index (χ4n) is 3.55. The van der Waals surface area contributed by atoms with Crippen molar-refractivity contribution in [1.82, 2.24) is 19.5 Å². The Kier molecular flexibility index (Phi) is 4.06. The van der Waals surface area contributed by atoms with Crippen LogP contribution in [0.15, 0.2) is 51.9 Å². The summed E-state index contributed by atoms with van der Waals surface area (Å²) >= 11 is 1.40. The number of nitrogens with zero attached hydrogens (tertiary/aromatic N) is 4. The number of thiophene rings is 1. The van der Waals surface area contributed by atoms with Crippen molar-refractivity contribution in [3.63, 3.8) is 0 Å². The minimum atomic E-state index is -0.0845. The molecule has 0 saturated heterocycles. The molecule has 7 heteroatoms. The summed E-state index contributed by atoms with van der Waals surface area (Å²) in [5, 5.41) is 0.962. The molecule has 0 spiro atoms. The Morgan fingerprint density at radius 1 is 1.10 bits per heavy atom. The van der Waals surface area contributed by atoms with Crippen molar-refractivity contribution in [3.8, 4) is 11.5 Å². The van der Waals surface area contributed by atoms with Crippen LogP contribution in [0.1, 0.15) is 22.7 Å². The zero-order valence-electron chi connectivity index (χ0n) is 16.3. The van der Waals surface area contributed by atoms with Gasteiger partial charge in [-0.3, -0.25) is 9.36 Å². The van der Waals surface area contributed by atoms with E-state index in [-0.39, 0.29) is 5.56 Å². The highest BCUT2D eigenvalue weighted by Gasteiger charge is 2.17. The second-order valence-corrected chi connectivity index (χ2v) is 8.11. The Morgan fingerprint density at radius 3 is 2.69 bits per heavy atom. The van der Waals surface area contributed by atoms with E-state index in [0.29, 0.717) is 22.9 Å². The van der Waals surface area contributed by atoms with Gasteiger partial charge in [0.1, 0.15) is 21.0 Å². The number of oxazole rings is 1. The number of rotatable bonds is 3. The SMILES string of the molecule is Cc1cc(C)c2c(n1)sc1c(=O)n(Cc3nc(-c4ccccc4)oc3C)cnc12. The fraction of sp³-hybridized carbons (Fsp3) is 0.182. The molecule has 4 aromatic heterocycles. The fourth-order valence-corrected chi connectivity index (χ4v) is 4.75. The lowest BCUT2D eigenvalue weighted by molar-refractivity contribution is 0.537. The first kappa shape index (κ1) is 17.8. The Labute approximate surface area is 170 Å². The molecule has 0 saturated carbocycles. The van der Waals surface area contributed by atoms with Gasteiger partial charge in [-0.05, 0) is 44.5 Å². The summed E-state index contributed by atoms with van der Waals surface area (Å²) in [6.07, 6.45) is 1.59. The quantitative estimate of drug-likeness (QED) is 0.440. The number of fused-ring (bicyclic) bond motifs is 3. The standard InChI is InChI=1S/C22H18N4O2S/c1-12-9-13(2)24-21-17(12)18-19(29-21)22(27)26(11-23-18)10-16-14(3)28-20(25-16)15-7-5-4-6-8-15/h4-9,11H,10H2,1-3H3. The minimum absolute atomic E-state index is 0.0845. The monoisotopic (exact) mass is 402 g/mol. The van der Waals surface area contributed by atoms with Crippen molar-refractivity contribution in [3.05, 3.63) is 75.8 Å². The molecular weight excluding hydrogens is 384 g/mol. The van der Waals surface area contributed by atoms with Gasteiger partial charge in [0.2, 0.25) is 5.89 Å². The average Bonchev–Trinajstić information content (AvgIpc) is 3.26. The molecule has 6 nitrogen and oxygen atoms in total. The molecule has 0 aliphatic rings. The molecule has 0 N–H and O–H groups in total. The lowest BCUT2D eigenvalue weighted by Crippen LogP contribution is -2.20. The molecule has 5 aromatic rings. The molecule has 5 rings (SSSR count). The summed E-state index contributed by atoms with van der Waals surface area (Å²) in [5.74, 6) is 1.25. The zero-order valence-corrected chi connectivity index (χ0v) is 17.1. The molecule has 0 atom stereocenters. The summed E-state index contributed by atoms with van der Waals surface area (Å²) in [7, 11) is 0. The maximum Gasteiger partial charge on any atom is 0.271 e. The summed E-state index contributed by atoms with van der Waals surface area (Å²) in [5.41, 5.74) is 4.29. The van der Waals surface area contributed by atoms with Crippen molar-refractivity contribution < 1.29 is 4.42 Å². The smallest absolute Gasteiger partial charge is 0.271 e. The van der Waals surface area contributed by atoms with Crippen LogP contribution in [0, 0.1) is 20.8 Å². The highest BCUT2D eigenvalue weighted by Crippen LogP contribution is 2.31. The molecule has 0 aliphatic heterocycles. The lowest BCUT2D eigenvalue weighted by Gasteiger charge is -2.03. The van der Waals surface area contributed by atoms with Crippen LogP contribution in [0.5, 0.6) is 0 Å². The minimum Gasteiger partial charge on any atom is -0.441 e. The highest BCUT2D eigenvalue weighted by molar-refractivity contribution is 7.25. The van der Waals surface area contributed by atoms with Crippen LogP contribution in [0.4, 0.5) is 0 Å². The van der Waals surface area contributed by atoms with E-state index in [9.17, 15) is 4.79 Å². The van der Waals surface area contributed by atoms with Crippen LogP contribution in [0.2, 0.25) is 0 Å². The largest absolute Gasteiger partial charge is 0.441 e. The first-order chi connectivity index (χ1) is 14.0. The number of aryl methyl sites for hydroxylation is 3. The van der Waals surface area contributed by atoms with Crippen LogP contribution in [-0.4, -0.2) is 19.5 Å². The second kappa shape index (κ2) is 6.63. The van der Waals surface area contributed by atoms with Gasteiger partial charge in [0.25, 0.3) is 5.56 Å². The van der Waals surface area contributed by atoms with Gasteiger partial charge in [0, 0.05) is 16.6 Å². The van der Waals surface area contributed by atoms with Crippen LogP contribution in [0.3, 0.4) is 0 Å². The molecular formula is C22H18N4O2S. The van der Waals surface area contributed by atoms with Crippen LogP contribution < -0.4 is 5.56 Å². The molecule has 1 aromatic carbocycles. The molecule has 29 heavy (non-hydrogen) atoms. The van der Waals surface area contributed by atoms with Crippen LogP contribution in [0.25, 0.3) is 31.9 Å². The van der Waals surface area contributed by atoms with E-state index in [1.54, 1.807) is 10.9 Å². The topological polar surface area (TPSA) is 73.8 Å². The Hall–Kier alpha value is -3.32. The maximum absolute atomic E-state index is 13.1. The molecule has 0 amide bonds. The maximum atomic E-state index is 13.1. The van der Waals surface area contributed by atoms with Crippen molar-refractivity contribution in [1.29, 1.82) is 0 Å². The van der Waals surface area contributed by atoms with Gasteiger partial charge < -0.3 is 4.42 Å². The number of pyridine rings is 1. The van der Waals surface area contributed by atoms with Crippen molar-refractivity contribution >= 4 is 31.8 Å². The molecule has 0 radical (unpaired) electrons. The number of aromatic nitrogens is 4. The third-order valence-corrected chi connectivity index (χ3v) is 6.04. The Balaban J connectivity index is 1.59. The third-order valence-electron chi connectivity index (χ3n) is 4.98. The van der Waals surface area contributed by atoms with Gasteiger partial charge in [-0.25, -0.2) is 15.0 Å².